The molecule has 0 unspecified atom stereocenters. The second-order valence-corrected chi connectivity index (χ2v) is 8.55. The summed E-state index contributed by atoms with van der Waals surface area (Å²) in [5.74, 6) is -1.38. The number of nitrogens with zero attached hydrogens (tertiary/aromatic N) is 2. The third-order valence-electron chi connectivity index (χ3n) is 5.69. The van der Waals surface area contributed by atoms with Crippen molar-refractivity contribution in [1.82, 2.24) is 4.98 Å². The number of aryl methyl sites for hydroxylation is 1. The van der Waals surface area contributed by atoms with Gasteiger partial charge in [0.05, 0.1) is 29.2 Å². The lowest BCUT2D eigenvalue weighted by atomic mass is 9.94. The maximum Gasteiger partial charge on any atom is 0.296 e. The molecule has 0 saturated carbocycles. The highest BCUT2D eigenvalue weighted by Gasteiger charge is 2.47. The molecule has 0 bridgehead atoms. The van der Waals surface area contributed by atoms with E-state index in [2.05, 4.69) is 11.9 Å². The summed E-state index contributed by atoms with van der Waals surface area (Å²) < 4.78 is 11.7. The molecule has 1 amide bonds. The first-order valence-electron chi connectivity index (χ1n) is 10.4. The molecule has 0 aliphatic carbocycles. The molecule has 1 aliphatic rings. The third-order valence-corrected chi connectivity index (χ3v) is 6.70. The number of aromatic nitrogens is 1. The van der Waals surface area contributed by atoms with Crippen molar-refractivity contribution < 1.29 is 23.8 Å². The summed E-state index contributed by atoms with van der Waals surface area (Å²) in [6.07, 6.45) is 2.25. The Morgan fingerprint density at radius 2 is 2.03 bits per heavy atom. The minimum atomic E-state index is -0.933. The molecule has 166 valence electrons. The van der Waals surface area contributed by atoms with Gasteiger partial charge in [-0.1, -0.05) is 42.5 Å². The Morgan fingerprint density at radius 1 is 1.21 bits per heavy atom. The minimum absolute atomic E-state index is 0.0305. The number of aliphatic hydroxyl groups excluding tert-OH is 1. The second kappa shape index (κ2) is 8.22. The van der Waals surface area contributed by atoms with Gasteiger partial charge in [0.25, 0.3) is 5.91 Å². The van der Waals surface area contributed by atoms with Gasteiger partial charge in [0.15, 0.2) is 16.7 Å². The Hall–Kier alpha value is -3.91. The van der Waals surface area contributed by atoms with E-state index in [4.69, 9.17) is 9.15 Å². The first-order chi connectivity index (χ1) is 16.0. The predicted molar refractivity (Wildman–Crippen MR) is 125 cm³/mol. The van der Waals surface area contributed by atoms with E-state index >= 15 is 0 Å². The molecule has 7 nitrogen and oxygen atoms in total. The topological polar surface area (TPSA) is 92.9 Å². The van der Waals surface area contributed by atoms with E-state index in [1.165, 1.54) is 35.7 Å². The van der Waals surface area contributed by atoms with Crippen molar-refractivity contribution in [1.29, 1.82) is 0 Å². The fourth-order valence-corrected chi connectivity index (χ4v) is 5.10. The number of amides is 1. The van der Waals surface area contributed by atoms with Crippen LogP contribution in [0.25, 0.3) is 10.2 Å². The van der Waals surface area contributed by atoms with Crippen LogP contribution < -0.4 is 9.64 Å². The highest BCUT2D eigenvalue weighted by molar-refractivity contribution is 7.22. The molecule has 0 saturated heterocycles. The zero-order valence-corrected chi connectivity index (χ0v) is 18.8. The van der Waals surface area contributed by atoms with Gasteiger partial charge in [-0.05, 0) is 42.3 Å². The molecule has 1 aliphatic heterocycles. The zero-order valence-electron chi connectivity index (χ0n) is 17.9. The van der Waals surface area contributed by atoms with Gasteiger partial charge >= 0.3 is 0 Å². The van der Waals surface area contributed by atoms with Gasteiger partial charge in [-0.15, -0.1) is 0 Å². The molecule has 4 aromatic rings. The average molecular weight is 461 g/mol. The molecule has 2 aromatic carbocycles. The van der Waals surface area contributed by atoms with Crippen LogP contribution in [0.15, 0.2) is 76.6 Å². The number of hydrogen-bond acceptors (Lipinski definition) is 7. The van der Waals surface area contributed by atoms with E-state index in [9.17, 15) is 14.7 Å². The van der Waals surface area contributed by atoms with Crippen molar-refractivity contribution in [3.05, 3.63) is 89.1 Å². The van der Waals surface area contributed by atoms with Crippen molar-refractivity contribution in [3.63, 3.8) is 0 Å². The van der Waals surface area contributed by atoms with Crippen LogP contribution in [0.4, 0.5) is 5.13 Å². The Morgan fingerprint density at radius 3 is 2.76 bits per heavy atom. The van der Waals surface area contributed by atoms with Crippen LogP contribution in [0.2, 0.25) is 0 Å². The summed E-state index contributed by atoms with van der Waals surface area (Å²) in [5.41, 5.74) is 2.37. The van der Waals surface area contributed by atoms with Crippen LogP contribution in [0, 0.1) is 0 Å². The number of Topliss-reactive ketones (excluding diaryl/α,β-unsaturated/α-hetero) is 1. The molecular formula is C25H20N2O5S. The highest BCUT2D eigenvalue weighted by Crippen LogP contribution is 2.46. The van der Waals surface area contributed by atoms with Crippen LogP contribution in [-0.4, -0.2) is 28.9 Å². The van der Waals surface area contributed by atoms with Gasteiger partial charge in [-0.3, -0.25) is 14.5 Å². The molecule has 2 aromatic heterocycles. The fourth-order valence-electron chi connectivity index (χ4n) is 4.04. The molecule has 8 heteroatoms. The van der Waals surface area contributed by atoms with E-state index in [1.54, 1.807) is 30.3 Å². The number of aliphatic hydroxyl groups is 1. The van der Waals surface area contributed by atoms with Crippen LogP contribution in [-0.2, 0) is 11.2 Å². The largest absolute Gasteiger partial charge is 0.503 e. The van der Waals surface area contributed by atoms with Crippen molar-refractivity contribution in [2.45, 2.75) is 19.4 Å². The Kier molecular flexibility index (Phi) is 5.22. The third kappa shape index (κ3) is 3.39. The van der Waals surface area contributed by atoms with Crippen LogP contribution in [0.3, 0.4) is 0 Å². The van der Waals surface area contributed by atoms with Crippen molar-refractivity contribution in [2.24, 2.45) is 0 Å². The molecule has 3 heterocycles. The van der Waals surface area contributed by atoms with Crippen LogP contribution >= 0.6 is 11.3 Å². The van der Waals surface area contributed by atoms with Crippen molar-refractivity contribution >= 4 is 38.4 Å². The van der Waals surface area contributed by atoms with Gasteiger partial charge in [-0.25, -0.2) is 4.98 Å². The maximum atomic E-state index is 13.3. The Balaban J connectivity index is 1.70. The van der Waals surface area contributed by atoms with Crippen LogP contribution in [0.5, 0.6) is 5.75 Å². The molecule has 0 radical (unpaired) electrons. The lowest BCUT2D eigenvalue weighted by molar-refractivity contribution is -0.117. The number of fused-ring (bicyclic) bond motifs is 1. The molecule has 1 N–H and O–H groups in total. The number of carbonyl (C=O) groups is 2. The number of furan rings is 1. The number of para-hydroxylation sites is 1. The average Bonchev–Trinajstić information content (AvgIpc) is 3.57. The smallest absolute Gasteiger partial charge is 0.296 e. The second-order valence-electron chi connectivity index (χ2n) is 7.54. The first kappa shape index (κ1) is 21.0. The number of anilines is 1. The molecular weight excluding hydrogens is 440 g/mol. The van der Waals surface area contributed by atoms with E-state index in [0.717, 1.165) is 22.2 Å². The number of ether oxygens (including phenoxy) is 1. The summed E-state index contributed by atoms with van der Waals surface area (Å²) in [6, 6.07) is 15.2. The number of thiazole rings is 1. The summed E-state index contributed by atoms with van der Waals surface area (Å²) in [4.78, 5) is 32.7. The zero-order chi connectivity index (χ0) is 23.1. The number of rotatable bonds is 6. The summed E-state index contributed by atoms with van der Waals surface area (Å²) >= 11 is 1.33. The normalized spacial score (nSPS) is 16.1. The number of carbonyl (C=O) groups excluding carboxylic acids is 2. The van der Waals surface area contributed by atoms with Gasteiger partial charge in [0.2, 0.25) is 5.78 Å². The van der Waals surface area contributed by atoms with E-state index < -0.39 is 23.5 Å². The molecule has 0 fully saturated rings. The monoisotopic (exact) mass is 460 g/mol. The Labute approximate surface area is 193 Å². The summed E-state index contributed by atoms with van der Waals surface area (Å²) in [7, 11) is 1.52. The van der Waals surface area contributed by atoms with E-state index in [0.29, 0.717) is 16.4 Å². The molecule has 5 rings (SSSR count). The quantitative estimate of drug-likeness (QED) is 0.396. The summed E-state index contributed by atoms with van der Waals surface area (Å²) in [5, 5.41) is 11.3. The fraction of sp³-hybridized carbons (Fsp3) is 0.160. The number of ketones is 1. The highest BCUT2D eigenvalue weighted by atomic mass is 32.1. The summed E-state index contributed by atoms with van der Waals surface area (Å²) in [6.45, 7) is 2.07. The lowest BCUT2D eigenvalue weighted by Crippen LogP contribution is -2.31. The number of benzene rings is 2. The first-order valence-corrected chi connectivity index (χ1v) is 11.2. The van der Waals surface area contributed by atoms with Gasteiger partial charge < -0.3 is 14.3 Å². The van der Waals surface area contributed by atoms with Crippen LogP contribution in [0.1, 0.15) is 34.6 Å². The van der Waals surface area contributed by atoms with E-state index in [-0.39, 0.29) is 11.3 Å². The number of hydrogen-bond donors (Lipinski definition) is 1. The molecule has 33 heavy (non-hydrogen) atoms. The van der Waals surface area contributed by atoms with E-state index in [1.807, 2.05) is 18.2 Å². The van der Waals surface area contributed by atoms with Gasteiger partial charge in [-0.2, -0.15) is 0 Å². The predicted octanol–water partition coefficient (Wildman–Crippen LogP) is 5.24. The standard InChI is InChI=1S/C25H20N2O5S/c1-3-14-10-11-16-19(13-14)33-25(26-16)27-21(15-7-4-5-8-17(15)31-2)20(23(29)24(27)30)22(28)18-9-6-12-32-18/h4-13,21,29H,3H2,1-2H3/t21-/m1/s1. The Bertz CT molecular complexity index is 1400. The SMILES string of the molecule is CCc1ccc2nc(N3C(=O)C(O)=C(C(=O)c4ccco4)[C@H]3c3ccccc3OC)sc2c1. The molecule has 0 spiro atoms. The van der Waals surface area contributed by atoms with Crippen molar-refractivity contribution in [3.8, 4) is 5.75 Å². The lowest BCUT2D eigenvalue weighted by Gasteiger charge is -2.25. The minimum Gasteiger partial charge on any atom is -0.503 e. The maximum absolute atomic E-state index is 13.3. The number of methoxy groups -OCH3 is 1. The van der Waals surface area contributed by atoms with Gasteiger partial charge in [0.1, 0.15) is 11.8 Å². The molecule has 1 atom stereocenters. The van der Waals surface area contributed by atoms with Crippen molar-refractivity contribution in [2.75, 3.05) is 12.0 Å². The van der Waals surface area contributed by atoms with Gasteiger partial charge in [0, 0.05) is 5.56 Å².